The van der Waals surface area contributed by atoms with Gasteiger partial charge in [0.1, 0.15) is 5.75 Å². The smallest absolute Gasteiger partial charge is 0.307 e. The van der Waals surface area contributed by atoms with Crippen LogP contribution in [0.5, 0.6) is 5.75 Å². The van der Waals surface area contributed by atoms with E-state index in [9.17, 15) is 9.59 Å². The van der Waals surface area contributed by atoms with Crippen LogP contribution in [0.25, 0.3) is 10.9 Å². The minimum Gasteiger partial charge on any atom is -0.494 e. The molecular weight excluding hydrogens is 376 g/mol. The molecule has 0 spiro atoms. The van der Waals surface area contributed by atoms with Gasteiger partial charge in [-0.25, -0.2) is 4.98 Å². The third-order valence-electron chi connectivity index (χ3n) is 4.22. The summed E-state index contributed by atoms with van der Waals surface area (Å²) in [5.41, 5.74) is 1.51. The van der Waals surface area contributed by atoms with Crippen LogP contribution in [0, 0.1) is 0 Å². The van der Waals surface area contributed by atoms with Gasteiger partial charge >= 0.3 is 5.97 Å². The molecule has 0 aliphatic heterocycles. The van der Waals surface area contributed by atoms with E-state index in [4.69, 9.17) is 9.47 Å². The first-order valence-corrected chi connectivity index (χ1v) is 10.0. The van der Waals surface area contributed by atoms with E-state index in [-0.39, 0.29) is 24.5 Å². The van der Waals surface area contributed by atoms with Gasteiger partial charge in [-0.05, 0) is 25.1 Å². The molecule has 0 aliphatic rings. The Balaban J connectivity index is 1.94. The van der Waals surface area contributed by atoms with Gasteiger partial charge in [-0.1, -0.05) is 42.1 Å². The van der Waals surface area contributed by atoms with Crippen LogP contribution >= 0.6 is 11.8 Å². The van der Waals surface area contributed by atoms with Gasteiger partial charge in [-0.3, -0.25) is 14.2 Å². The van der Waals surface area contributed by atoms with Crippen molar-refractivity contribution in [2.24, 2.45) is 0 Å². The highest BCUT2D eigenvalue weighted by atomic mass is 32.2. The maximum Gasteiger partial charge on any atom is 0.307 e. The van der Waals surface area contributed by atoms with E-state index in [0.717, 1.165) is 11.3 Å². The van der Waals surface area contributed by atoms with Crippen molar-refractivity contribution >= 4 is 28.6 Å². The molecule has 3 rings (SSSR count). The quantitative estimate of drug-likeness (QED) is 0.328. The predicted octanol–water partition coefficient (Wildman–Crippen LogP) is 3.65. The highest BCUT2D eigenvalue weighted by Gasteiger charge is 2.14. The Bertz CT molecular complexity index is 1030. The largest absolute Gasteiger partial charge is 0.494 e. The number of hydrogen-bond acceptors (Lipinski definition) is 6. The second-order valence-corrected chi connectivity index (χ2v) is 6.97. The molecule has 7 heteroatoms. The number of aromatic nitrogens is 2. The topological polar surface area (TPSA) is 70.4 Å². The summed E-state index contributed by atoms with van der Waals surface area (Å²) in [7, 11) is 1.34. The van der Waals surface area contributed by atoms with Crippen molar-refractivity contribution in [3.05, 3.63) is 64.4 Å². The van der Waals surface area contributed by atoms with Crippen LogP contribution in [-0.2, 0) is 21.8 Å². The fraction of sp³-hybridized carbons (Fsp3) is 0.286. The number of methoxy groups -OCH3 is 1. The number of rotatable bonds is 8. The lowest BCUT2D eigenvalue weighted by Crippen LogP contribution is -2.24. The molecule has 2 aromatic carbocycles. The summed E-state index contributed by atoms with van der Waals surface area (Å²) < 4.78 is 11.9. The van der Waals surface area contributed by atoms with Crippen molar-refractivity contribution in [1.82, 2.24) is 9.55 Å². The third kappa shape index (κ3) is 4.54. The zero-order valence-corrected chi connectivity index (χ0v) is 16.7. The molecule has 0 saturated heterocycles. The molecule has 1 heterocycles. The van der Waals surface area contributed by atoms with Crippen molar-refractivity contribution in [3.8, 4) is 5.75 Å². The lowest BCUT2D eigenvalue weighted by molar-refractivity contribution is -0.140. The molecule has 0 bridgehead atoms. The maximum atomic E-state index is 13.0. The van der Waals surface area contributed by atoms with E-state index in [2.05, 4.69) is 4.98 Å². The molecule has 1 aromatic heterocycles. The highest BCUT2D eigenvalue weighted by molar-refractivity contribution is 7.98. The molecule has 0 radical (unpaired) electrons. The number of carbonyl (C=O) groups excluding carboxylic acids is 1. The van der Waals surface area contributed by atoms with E-state index in [1.807, 2.05) is 43.3 Å². The number of hydrogen-bond donors (Lipinski definition) is 0. The summed E-state index contributed by atoms with van der Waals surface area (Å²) in [5.74, 6) is 1.05. The molecule has 0 saturated carbocycles. The monoisotopic (exact) mass is 398 g/mol. The van der Waals surface area contributed by atoms with Crippen LogP contribution in [0.2, 0.25) is 0 Å². The van der Waals surface area contributed by atoms with Crippen molar-refractivity contribution in [3.63, 3.8) is 0 Å². The lowest BCUT2D eigenvalue weighted by Gasteiger charge is -2.14. The Kier molecular flexibility index (Phi) is 6.71. The molecule has 3 aromatic rings. The van der Waals surface area contributed by atoms with Gasteiger partial charge in [-0.15, -0.1) is 0 Å². The number of carbonyl (C=O) groups is 1. The van der Waals surface area contributed by atoms with Gasteiger partial charge < -0.3 is 9.47 Å². The Hall–Kier alpha value is -2.80. The summed E-state index contributed by atoms with van der Waals surface area (Å²) in [6, 6.07) is 15.0. The minimum absolute atomic E-state index is 0.111. The molecule has 0 unspecified atom stereocenters. The van der Waals surface area contributed by atoms with E-state index in [0.29, 0.717) is 28.4 Å². The van der Waals surface area contributed by atoms with Gasteiger partial charge in [0.2, 0.25) is 0 Å². The van der Waals surface area contributed by atoms with E-state index in [1.165, 1.54) is 18.9 Å². The van der Waals surface area contributed by atoms with E-state index in [1.54, 1.807) is 16.7 Å². The zero-order chi connectivity index (χ0) is 19.9. The summed E-state index contributed by atoms with van der Waals surface area (Å²) in [6.07, 6.45) is 0.111. The maximum absolute atomic E-state index is 13.0. The first-order chi connectivity index (χ1) is 13.6. The van der Waals surface area contributed by atoms with Crippen LogP contribution in [0.3, 0.4) is 0 Å². The summed E-state index contributed by atoms with van der Waals surface area (Å²) >= 11 is 1.45. The summed E-state index contributed by atoms with van der Waals surface area (Å²) in [6.45, 7) is 2.75. The van der Waals surface area contributed by atoms with Crippen molar-refractivity contribution in [1.29, 1.82) is 0 Å². The number of thioether (sulfide) groups is 1. The Morgan fingerprint density at radius 3 is 2.68 bits per heavy atom. The fourth-order valence-electron chi connectivity index (χ4n) is 2.82. The Labute approximate surface area is 167 Å². The van der Waals surface area contributed by atoms with Crippen molar-refractivity contribution < 1.29 is 14.3 Å². The van der Waals surface area contributed by atoms with E-state index < -0.39 is 0 Å². The zero-order valence-electron chi connectivity index (χ0n) is 15.9. The molecule has 0 atom stereocenters. The lowest BCUT2D eigenvalue weighted by atomic mass is 10.2. The predicted molar refractivity (Wildman–Crippen MR) is 110 cm³/mol. The van der Waals surface area contributed by atoms with Gasteiger partial charge in [0.05, 0.1) is 31.0 Å². The summed E-state index contributed by atoms with van der Waals surface area (Å²) in [4.78, 5) is 29.2. The van der Waals surface area contributed by atoms with Gasteiger partial charge in [-0.2, -0.15) is 0 Å². The van der Waals surface area contributed by atoms with Crippen LogP contribution in [0.15, 0.2) is 58.5 Å². The van der Waals surface area contributed by atoms with Crippen LogP contribution in [-0.4, -0.2) is 29.2 Å². The van der Waals surface area contributed by atoms with E-state index >= 15 is 0 Å². The number of esters is 1. The second-order valence-electron chi connectivity index (χ2n) is 6.02. The van der Waals surface area contributed by atoms with Gasteiger partial charge in [0, 0.05) is 17.9 Å². The molecule has 28 heavy (non-hydrogen) atoms. The molecule has 6 nitrogen and oxygen atoms in total. The first kappa shape index (κ1) is 19.9. The Morgan fingerprint density at radius 1 is 1.14 bits per heavy atom. The van der Waals surface area contributed by atoms with Crippen LogP contribution < -0.4 is 10.3 Å². The SMILES string of the molecule is CCOc1ccccc1CSc1nc2ccccc2c(=O)n1CCC(=O)OC. The Morgan fingerprint density at radius 2 is 1.89 bits per heavy atom. The minimum atomic E-state index is -0.363. The third-order valence-corrected chi connectivity index (χ3v) is 5.25. The standard InChI is InChI=1S/C21H22N2O4S/c1-3-27-18-11-7-4-8-15(18)14-28-21-22-17-10-6-5-9-16(17)20(25)23(21)13-12-19(24)26-2/h4-11H,3,12-14H2,1-2H3. The van der Waals surface area contributed by atoms with Gasteiger partial charge in [0.15, 0.2) is 5.16 Å². The number of nitrogens with zero attached hydrogens (tertiary/aromatic N) is 2. The average Bonchev–Trinajstić information content (AvgIpc) is 2.72. The van der Waals surface area contributed by atoms with Crippen LogP contribution in [0.4, 0.5) is 0 Å². The molecule has 0 amide bonds. The highest BCUT2D eigenvalue weighted by Crippen LogP contribution is 2.27. The molecule has 0 aliphatic carbocycles. The van der Waals surface area contributed by atoms with Crippen LogP contribution in [0.1, 0.15) is 18.9 Å². The van der Waals surface area contributed by atoms with Crippen molar-refractivity contribution in [2.45, 2.75) is 30.8 Å². The van der Waals surface area contributed by atoms with Crippen molar-refractivity contribution in [2.75, 3.05) is 13.7 Å². The molecule has 146 valence electrons. The number of ether oxygens (including phenoxy) is 2. The second kappa shape index (κ2) is 9.41. The average molecular weight is 398 g/mol. The van der Waals surface area contributed by atoms with Gasteiger partial charge in [0.25, 0.3) is 5.56 Å². The molecule has 0 N–H and O–H groups in total. The number of para-hydroxylation sites is 2. The molecular formula is C21H22N2O4S. The molecule has 0 fully saturated rings. The fourth-order valence-corrected chi connectivity index (χ4v) is 3.84. The normalized spacial score (nSPS) is 10.8. The number of benzene rings is 2. The summed E-state index contributed by atoms with van der Waals surface area (Å²) in [5, 5.41) is 1.10. The first-order valence-electron chi connectivity index (χ1n) is 9.04. The number of fused-ring (bicyclic) bond motifs is 1.